The molecule has 14 heavy (non-hydrogen) atoms. The molecular weight excluding hydrogens is 174 g/mol. The third-order valence-electron chi connectivity index (χ3n) is 2.09. The SMILES string of the molecule is CNc1c(C)ccnc1NCC(C)C. The Kier molecular flexibility index (Phi) is 3.74. The molecule has 0 atom stereocenters. The van der Waals surface area contributed by atoms with Gasteiger partial charge in [0, 0.05) is 19.8 Å². The van der Waals surface area contributed by atoms with E-state index in [1.807, 2.05) is 19.3 Å². The average Bonchev–Trinajstić information content (AvgIpc) is 2.14. The van der Waals surface area contributed by atoms with Gasteiger partial charge < -0.3 is 10.6 Å². The second-order valence-corrected chi connectivity index (χ2v) is 3.88. The Morgan fingerprint density at radius 1 is 1.43 bits per heavy atom. The normalized spacial score (nSPS) is 10.4. The lowest BCUT2D eigenvalue weighted by Crippen LogP contribution is -2.11. The number of hydrogen-bond donors (Lipinski definition) is 2. The van der Waals surface area contributed by atoms with Gasteiger partial charge in [-0.3, -0.25) is 0 Å². The largest absolute Gasteiger partial charge is 0.385 e. The maximum atomic E-state index is 4.31. The lowest BCUT2D eigenvalue weighted by Gasteiger charge is -2.13. The van der Waals surface area contributed by atoms with Gasteiger partial charge in [-0.2, -0.15) is 0 Å². The van der Waals surface area contributed by atoms with Gasteiger partial charge >= 0.3 is 0 Å². The minimum Gasteiger partial charge on any atom is -0.385 e. The molecule has 0 aliphatic carbocycles. The molecule has 2 N–H and O–H groups in total. The summed E-state index contributed by atoms with van der Waals surface area (Å²) in [5, 5.41) is 6.49. The van der Waals surface area contributed by atoms with E-state index in [9.17, 15) is 0 Å². The summed E-state index contributed by atoms with van der Waals surface area (Å²) in [5.74, 6) is 1.57. The predicted molar refractivity (Wildman–Crippen MR) is 61.8 cm³/mol. The van der Waals surface area contributed by atoms with Crippen LogP contribution in [0, 0.1) is 12.8 Å². The van der Waals surface area contributed by atoms with Crippen LogP contribution < -0.4 is 10.6 Å². The van der Waals surface area contributed by atoms with Crippen molar-refractivity contribution < 1.29 is 0 Å². The van der Waals surface area contributed by atoms with Crippen molar-refractivity contribution in [2.75, 3.05) is 24.2 Å². The van der Waals surface area contributed by atoms with E-state index in [1.54, 1.807) is 0 Å². The fraction of sp³-hybridized carbons (Fsp3) is 0.545. The van der Waals surface area contributed by atoms with Crippen LogP contribution in [-0.2, 0) is 0 Å². The summed E-state index contributed by atoms with van der Waals surface area (Å²) in [6.45, 7) is 7.39. The number of nitrogens with zero attached hydrogens (tertiary/aromatic N) is 1. The fourth-order valence-electron chi connectivity index (χ4n) is 1.31. The third-order valence-corrected chi connectivity index (χ3v) is 2.09. The van der Waals surface area contributed by atoms with Crippen molar-refractivity contribution in [3.63, 3.8) is 0 Å². The molecule has 3 nitrogen and oxygen atoms in total. The van der Waals surface area contributed by atoms with Gasteiger partial charge in [-0.15, -0.1) is 0 Å². The first kappa shape index (κ1) is 10.8. The van der Waals surface area contributed by atoms with Gasteiger partial charge in [-0.05, 0) is 24.5 Å². The molecule has 1 aromatic heterocycles. The van der Waals surface area contributed by atoms with Crippen molar-refractivity contribution in [2.24, 2.45) is 5.92 Å². The molecule has 0 aliphatic rings. The molecule has 0 fully saturated rings. The standard InChI is InChI=1S/C11H19N3/c1-8(2)7-14-11-10(12-4)9(3)5-6-13-11/h5-6,8,12H,7H2,1-4H3,(H,13,14). The highest BCUT2D eigenvalue weighted by Gasteiger charge is 2.04. The maximum absolute atomic E-state index is 4.31. The first-order valence-electron chi connectivity index (χ1n) is 5.02. The molecule has 1 heterocycles. The number of aromatic nitrogens is 1. The Morgan fingerprint density at radius 2 is 2.14 bits per heavy atom. The Bertz CT molecular complexity index is 295. The van der Waals surface area contributed by atoms with E-state index in [4.69, 9.17) is 0 Å². The van der Waals surface area contributed by atoms with Crippen molar-refractivity contribution in [1.82, 2.24) is 4.98 Å². The maximum Gasteiger partial charge on any atom is 0.149 e. The van der Waals surface area contributed by atoms with E-state index >= 15 is 0 Å². The number of nitrogens with one attached hydrogen (secondary N) is 2. The Balaban J connectivity index is 2.80. The zero-order valence-corrected chi connectivity index (χ0v) is 9.39. The molecule has 0 unspecified atom stereocenters. The van der Waals surface area contributed by atoms with Crippen LogP contribution in [0.4, 0.5) is 11.5 Å². The van der Waals surface area contributed by atoms with Crippen molar-refractivity contribution in [2.45, 2.75) is 20.8 Å². The summed E-state index contributed by atoms with van der Waals surface area (Å²) < 4.78 is 0. The van der Waals surface area contributed by atoms with Gasteiger partial charge in [0.25, 0.3) is 0 Å². The topological polar surface area (TPSA) is 37.0 Å². The van der Waals surface area contributed by atoms with Crippen LogP contribution in [0.25, 0.3) is 0 Å². The van der Waals surface area contributed by atoms with E-state index < -0.39 is 0 Å². The number of pyridine rings is 1. The van der Waals surface area contributed by atoms with Gasteiger partial charge in [-0.1, -0.05) is 13.8 Å². The zero-order chi connectivity index (χ0) is 10.6. The second-order valence-electron chi connectivity index (χ2n) is 3.88. The quantitative estimate of drug-likeness (QED) is 0.771. The summed E-state index contributed by atoms with van der Waals surface area (Å²) in [7, 11) is 1.92. The van der Waals surface area contributed by atoms with Crippen LogP contribution in [0.5, 0.6) is 0 Å². The van der Waals surface area contributed by atoms with Crippen LogP contribution >= 0.6 is 0 Å². The second kappa shape index (κ2) is 4.84. The lowest BCUT2D eigenvalue weighted by molar-refractivity contribution is 0.687. The molecule has 0 spiro atoms. The predicted octanol–water partition coefficient (Wildman–Crippen LogP) is 2.50. The molecule has 0 radical (unpaired) electrons. The molecule has 1 rings (SSSR count). The summed E-state index contributed by atoms with van der Waals surface area (Å²) in [5.41, 5.74) is 2.31. The molecule has 3 heteroatoms. The minimum absolute atomic E-state index is 0.627. The van der Waals surface area contributed by atoms with E-state index in [1.165, 1.54) is 5.56 Å². The Labute approximate surface area is 85.9 Å². The highest BCUT2D eigenvalue weighted by Crippen LogP contribution is 2.22. The highest BCUT2D eigenvalue weighted by molar-refractivity contribution is 5.67. The average molecular weight is 193 g/mol. The van der Waals surface area contributed by atoms with Gasteiger partial charge in [0.15, 0.2) is 0 Å². The van der Waals surface area contributed by atoms with Gasteiger partial charge in [0.2, 0.25) is 0 Å². The smallest absolute Gasteiger partial charge is 0.149 e. The summed E-state index contributed by atoms with van der Waals surface area (Å²) in [6.07, 6.45) is 1.83. The van der Waals surface area contributed by atoms with Gasteiger partial charge in [-0.25, -0.2) is 4.98 Å². The molecule has 0 saturated carbocycles. The van der Waals surface area contributed by atoms with Crippen LogP contribution in [0.2, 0.25) is 0 Å². The summed E-state index contributed by atoms with van der Waals surface area (Å²) in [4.78, 5) is 4.31. The number of rotatable bonds is 4. The molecular formula is C11H19N3. The van der Waals surface area contributed by atoms with E-state index in [-0.39, 0.29) is 0 Å². The minimum atomic E-state index is 0.627. The van der Waals surface area contributed by atoms with Crippen LogP contribution in [0.15, 0.2) is 12.3 Å². The molecule has 0 saturated heterocycles. The molecule has 0 bridgehead atoms. The Hall–Kier alpha value is -1.25. The summed E-state index contributed by atoms with van der Waals surface area (Å²) in [6, 6.07) is 2.01. The fourth-order valence-corrected chi connectivity index (χ4v) is 1.31. The van der Waals surface area contributed by atoms with Crippen LogP contribution in [0.3, 0.4) is 0 Å². The number of aryl methyl sites for hydroxylation is 1. The number of hydrogen-bond acceptors (Lipinski definition) is 3. The van der Waals surface area contributed by atoms with E-state index in [0.29, 0.717) is 5.92 Å². The van der Waals surface area contributed by atoms with Gasteiger partial charge in [0.05, 0.1) is 5.69 Å². The van der Waals surface area contributed by atoms with E-state index in [2.05, 4.69) is 36.4 Å². The molecule has 0 amide bonds. The first-order valence-corrected chi connectivity index (χ1v) is 5.02. The monoisotopic (exact) mass is 193 g/mol. The molecule has 1 aromatic rings. The van der Waals surface area contributed by atoms with Gasteiger partial charge in [0.1, 0.15) is 5.82 Å². The molecule has 0 aliphatic heterocycles. The third kappa shape index (κ3) is 2.62. The van der Waals surface area contributed by atoms with Crippen molar-refractivity contribution in [3.8, 4) is 0 Å². The zero-order valence-electron chi connectivity index (χ0n) is 9.39. The Morgan fingerprint density at radius 3 is 2.71 bits per heavy atom. The van der Waals surface area contributed by atoms with Crippen molar-refractivity contribution >= 4 is 11.5 Å². The lowest BCUT2D eigenvalue weighted by atomic mass is 10.2. The van der Waals surface area contributed by atoms with E-state index in [0.717, 1.165) is 18.1 Å². The molecule has 78 valence electrons. The van der Waals surface area contributed by atoms with Crippen LogP contribution in [-0.4, -0.2) is 18.6 Å². The summed E-state index contributed by atoms with van der Waals surface area (Å²) >= 11 is 0. The highest BCUT2D eigenvalue weighted by atomic mass is 15.0. The molecule has 0 aromatic carbocycles. The first-order chi connectivity index (χ1) is 6.65. The van der Waals surface area contributed by atoms with Crippen molar-refractivity contribution in [3.05, 3.63) is 17.8 Å². The number of anilines is 2. The van der Waals surface area contributed by atoms with Crippen LogP contribution in [0.1, 0.15) is 19.4 Å². The van der Waals surface area contributed by atoms with Crippen molar-refractivity contribution in [1.29, 1.82) is 0 Å².